The normalized spacial score (nSPS) is 13.8. The van der Waals surface area contributed by atoms with Gasteiger partial charge in [0.25, 0.3) is 11.6 Å². The average Bonchev–Trinajstić information content (AvgIpc) is 2.76. The van der Waals surface area contributed by atoms with Crippen molar-refractivity contribution in [1.29, 1.82) is 0 Å². The average molecular weight is 617 g/mol. The molecule has 7 nitrogen and oxygen atoms in total. The molecule has 0 spiro atoms. The summed E-state index contributed by atoms with van der Waals surface area (Å²) in [6, 6.07) is 5.27. The van der Waals surface area contributed by atoms with Gasteiger partial charge in [-0.3, -0.25) is 19.7 Å². The predicted octanol–water partition coefficient (Wildman–Crippen LogP) is 6.17. The van der Waals surface area contributed by atoms with E-state index in [0.29, 0.717) is 0 Å². The third-order valence-corrected chi connectivity index (χ3v) is 5.78. The summed E-state index contributed by atoms with van der Waals surface area (Å²) < 4.78 is 77.9. The van der Waals surface area contributed by atoms with E-state index in [1.807, 2.05) is 0 Å². The highest BCUT2D eigenvalue weighted by Crippen LogP contribution is 2.39. The number of halogens is 8. The van der Waals surface area contributed by atoms with Crippen LogP contribution in [-0.4, -0.2) is 41.7 Å². The molecule has 0 aliphatic heterocycles. The first kappa shape index (κ1) is 30.1. The first-order valence-electron chi connectivity index (χ1n) is 10.1. The van der Waals surface area contributed by atoms with E-state index in [2.05, 4.69) is 21.2 Å². The summed E-state index contributed by atoms with van der Waals surface area (Å²) in [6.07, 6.45) is -7.54. The minimum atomic E-state index is -4.79. The molecule has 15 heteroatoms. The van der Waals surface area contributed by atoms with Crippen molar-refractivity contribution in [3.05, 3.63) is 78.8 Å². The quantitative estimate of drug-likeness (QED) is 0.211. The van der Waals surface area contributed by atoms with Crippen LogP contribution < -0.4 is 10.6 Å². The number of hydrogen-bond acceptors (Lipinski definition) is 4. The molecule has 0 aromatic heterocycles. The molecule has 0 aliphatic carbocycles. The third kappa shape index (κ3) is 8.74. The van der Waals surface area contributed by atoms with Crippen LogP contribution in [0.1, 0.15) is 34.3 Å². The molecule has 0 fully saturated rings. The van der Waals surface area contributed by atoms with Crippen molar-refractivity contribution in [3.8, 4) is 0 Å². The molecule has 2 atom stereocenters. The van der Waals surface area contributed by atoms with Crippen LogP contribution in [0.4, 0.5) is 32.0 Å². The molecule has 0 radical (unpaired) electrons. The Hall–Kier alpha value is -3.13. The van der Waals surface area contributed by atoms with Gasteiger partial charge in [-0.1, -0.05) is 35.9 Å². The number of amides is 2. The number of carbonyl (C=O) groups is 2. The summed E-state index contributed by atoms with van der Waals surface area (Å²) in [7, 11) is 0. The zero-order valence-corrected chi connectivity index (χ0v) is 20.9. The van der Waals surface area contributed by atoms with Crippen molar-refractivity contribution < 1.29 is 40.9 Å². The van der Waals surface area contributed by atoms with Gasteiger partial charge in [0, 0.05) is 10.5 Å². The maximum Gasteiger partial charge on any atom is 0.405 e. The number of carbonyl (C=O) groups excluding carboxylic acids is 2. The molecule has 200 valence electrons. The fourth-order valence-corrected chi connectivity index (χ4v) is 3.74. The minimum Gasteiger partial charge on any atom is -0.345 e. The van der Waals surface area contributed by atoms with Crippen LogP contribution >= 0.6 is 27.5 Å². The molecule has 0 saturated heterocycles. The van der Waals surface area contributed by atoms with E-state index < -0.39 is 58.8 Å². The second kappa shape index (κ2) is 11.9. The van der Waals surface area contributed by atoms with Gasteiger partial charge in [0.05, 0.1) is 16.4 Å². The molecule has 0 saturated carbocycles. The summed E-state index contributed by atoms with van der Waals surface area (Å²) in [5, 5.41) is 14.6. The predicted molar refractivity (Wildman–Crippen MR) is 126 cm³/mol. The van der Waals surface area contributed by atoms with Gasteiger partial charge in [0.15, 0.2) is 0 Å². The molecular formula is C22H17BrClF6N3O4. The van der Waals surface area contributed by atoms with E-state index >= 15 is 0 Å². The number of allylic oxidation sites excluding steroid dienone is 1. The number of nitrogens with zero attached hydrogens (tertiary/aromatic N) is 1. The molecule has 0 heterocycles. The zero-order valence-electron chi connectivity index (χ0n) is 18.6. The Morgan fingerprint density at radius 3 is 2.32 bits per heavy atom. The van der Waals surface area contributed by atoms with E-state index in [0.717, 1.165) is 30.4 Å². The summed E-state index contributed by atoms with van der Waals surface area (Å²) in [5.74, 6) is -4.10. The van der Waals surface area contributed by atoms with Gasteiger partial charge < -0.3 is 10.6 Å². The van der Waals surface area contributed by atoms with Crippen molar-refractivity contribution >= 4 is 51.1 Å². The van der Waals surface area contributed by atoms with Gasteiger partial charge in [-0.05, 0) is 52.2 Å². The van der Waals surface area contributed by atoms with Crippen LogP contribution in [0.25, 0.3) is 6.08 Å². The third-order valence-electron chi connectivity index (χ3n) is 4.80. The molecule has 0 aliphatic rings. The number of rotatable bonds is 8. The summed E-state index contributed by atoms with van der Waals surface area (Å²) in [5.41, 5.74) is -0.903. The highest BCUT2D eigenvalue weighted by atomic mass is 79.9. The van der Waals surface area contributed by atoms with Crippen LogP contribution in [0.15, 0.2) is 46.9 Å². The molecule has 2 aromatic rings. The lowest BCUT2D eigenvalue weighted by Gasteiger charge is -2.17. The first-order valence-corrected chi connectivity index (χ1v) is 11.3. The standard InChI is InChI=1S/C22H17BrClF6N3O4/c1-11(19(34)31-10-21(25,26)27)32-20(35)14-5-2-12(8-16(14)23)3-6-15(22(28,29)30)13-4-7-17(24)18(9-13)33(36)37/h2-9,11,15H,10H2,1H3,(H,31,34)(H,32,35)/b6-3+/t11-,15?/m1/s1. The van der Waals surface area contributed by atoms with Crippen molar-refractivity contribution in [2.45, 2.75) is 31.2 Å². The Balaban J connectivity index is 2.21. The van der Waals surface area contributed by atoms with Crippen molar-refractivity contribution in [2.75, 3.05) is 6.54 Å². The molecule has 2 aromatic carbocycles. The second-order valence-electron chi connectivity index (χ2n) is 7.61. The SMILES string of the molecule is C[C@@H](NC(=O)c1ccc(/C=C/C(c2ccc(Cl)c([N+](=O)[O-])c2)C(F)(F)F)cc1Br)C(=O)NCC(F)(F)F. The van der Waals surface area contributed by atoms with Crippen LogP contribution in [0, 0.1) is 10.1 Å². The van der Waals surface area contributed by atoms with Gasteiger partial charge in [0.1, 0.15) is 17.6 Å². The Kier molecular flexibility index (Phi) is 9.72. The number of alkyl halides is 6. The summed E-state index contributed by atoms with van der Waals surface area (Å²) in [6.45, 7) is -0.397. The number of benzene rings is 2. The number of nitro benzene ring substituents is 1. The second-order valence-corrected chi connectivity index (χ2v) is 8.88. The highest BCUT2D eigenvalue weighted by molar-refractivity contribution is 9.10. The number of nitrogens with one attached hydrogen (secondary N) is 2. The van der Waals surface area contributed by atoms with E-state index in [4.69, 9.17) is 11.6 Å². The van der Waals surface area contributed by atoms with Gasteiger partial charge >= 0.3 is 12.4 Å². The Bertz CT molecular complexity index is 1220. The van der Waals surface area contributed by atoms with Crippen molar-refractivity contribution in [1.82, 2.24) is 10.6 Å². The van der Waals surface area contributed by atoms with Crippen LogP contribution in [-0.2, 0) is 4.79 Å². The monoisotopic (exact) mass is 615 g/mol. The van der Waals surface area contributed by atoms with E-state index in [9.17, 15) is 46.0 Å². The molecule has 2 amide bonds. The van der Waals surface area contributed by atoms with E-state index in [-0.39, 0.29) is 20.6 Å². The Morgan fingerprint density at radius 2 is 1.78 bits per heavy atom. The lowest BCUT2D eigenvalue weighted by Crippen LogP contribution is -2.47. The lowest BCUT2D eigenvalue weighted by atomic mass is 9.96. The molecule has 1 unspecified atom stereocenters. The van der Waals surface area contributed by atoms with Crippen LogP contribution in [0.2, 0.25) is 5.02 Å². The largest absolute Gasteiger partial charge is 0.405 e. The molecule has 2 N–H and O–H groups in total. The molecule has 0 bridgehead atoms. The van der Waals surface area contributed by atoms with E-state index in [1.54, 1.807) is 5.32 Å². The maximum atomic E-state index is 13.7. The van der Waals surface area contributed by atoms with Crippen LogP contribution in [0.3, 0.4) is 0 Å². The lowest BCUT2D eigenvalue weighted by molar-refractivity contribution is -0.384. The Labute approximate surface area is 219 Å². The van der Waals surface area contributed by atoms with Gasteiger partial charge in [-0.2, -0.15) is 26.3 Å². The number of hydrogen-bond donors (Lipinski definition) is 2. The van der Waals surface area contributed by atoms with Crippen molar-refractivity contribution in [3.63, 3.8) is 0 Å². The van der Waals surface area contributed by atoms with E-state index in [1.165, 1.54) is 25.1 Å². The fourth-order valence-electron chi connectivity index (χ4n) is 2.98. The van der Waals surface area contributed by atoms with Gasteiger partial charge in [0.2, 0.25) is 5.91 Å². The number of nitro groups is 1. The van der Waals surface area contributed by atoms with Gasteiger partial charge in [-0.15, -0.1) is 0 Å². The van der Waals surface area contributed by atoms with Crippen molar-refractivity contribution in [2.24, 2.45) is 0 Å². The Morgan fingerprint density at radius 1 is 1.14 bits per heavy atom. The summed E-state index contributed by atoms with van der Waals surface area (Å²) in [4.78, 5) is 34.3. The minimum absolute atomic E-state index is 0.0340. The molecule has 2 rings (SSSR count). The first-order chi connectivity index (χ1) is 17.0. The highest BCUT2D eigenvalue weighted by Gasteiger charge is 2.39. The van der Waals surface area contributed by atoms with Crippen LogP contribution in [0.5, 0.6) is 0 Å². The topological polar surface area (TPSA) is 101 Å². The van der Waals surface area contributed by atoms with Gasteiger partial charge in [-0.25, -0.2) is 0 Å². The summed E-state index contributed by atoms with van der Waals surface area (Å²) >= 11 is 8.78. The smallest absolute Gasteiger partial charge is 0.345 e. The zero-order chi connectivity index (χ0) is 28.1. The fraction of sp³-hybridized carbons (Fsp3) is 0.273. The molecular weight excluding hydrogens is 600 g/mol. The molecule has 37 heavy (non-hydrogen) atoms. The maximum absolute atomic E-state index is 13.7.